The summed E-state index contributed by atoms with van der Waals surface area (Å²) in [5.41, 5.74) is 7.57. The van der Waals surface area contributed by atoms with E-state index in [0.29, 0.717) is 27.1 Å². The van der Waals surface area contributed by atoms with Gasteiger partial charge in [0, 0.05) is 22.6 Å². The molecule has 1 atom stereocenters. The van der Waals surface area contributed by atoms with E-state index in [1.165, 1.54) is 7.11 Å². The van der Waals surface area contributed by atoms with Crippen molar-refractivity contribution in [3.8, 4) is 0 Å². The molecule has 3 aromatic rings. The molecule has 0 amide bonds. The van der Waals surface area contributed by atoms with Gasteiger partial charge in [-0.05, 0) is 31.5 Å². The summed E-state index contributed by atoms with van der Waals surface area (Å²) < 4.78 is 6.22. The predicted molar refractivity (Wildman–Crippen MR) is 92.2 cm³/mol. The summed E-state index contributed by atoms with van der Waals surface area (Å²) in [7, 11) is 1.28. The second kappa shape index (κ2) is 6.26. The van der Waals surface area contributed by atoms with Crippen molar-refractivity contribution in [3.05, 3.63) is 39.3 Å². The molecule has 24 heavy (non-hydrogen) atoms. The quantitative estimate of drug-likeness (QED) is 0.699. The Morgan fingerprint density at radius 1 is 1.50 bits per heavy atom. The Morgan fingerprint density at radius 3 is 2.96 bits per heavy atom. The maximum absolute atomic E-state index is 12.9. The smallest absolute Gasteiger partial charge is 0.322 e. The molecule has 0 aliphatic heterocycles. The number of pyridine rings is 1. The van der Waals surface area contributed by atoms with E-state index < -0.39 is 12.0 Å². The molecule has 0 fully saturated rings. The number of rotatable bonds is 4. The van der Waals surface area contributed by atoms with Crippen molar-refractivity contribution in [2.24, 2.45) is 5.73 Å². The number of halogens is 1. The molecule has 3 N–H and O–H groups in total. The third kappa shape index (κ3) is 2.65. The van der Waals surface area contributed by atoms with Crippen molar-refractivity contribution < 1.29 is 9.53 Å². The number of H-pyrrole nitrogens is 1. The van der Waals surface area contributed by atoms with Gasteiger partial charge in [0.1, 0.15) is 11.6 Å². The van der Waals surface area contributed by atoms with Crippen LogP contribution in [0, 0.1) is 6.92 Å². The van der Waals surface area contributed by atoms with E-state index in [1.807, 2.05) is 0 Å². The summed E-state index contributed by atoms with van der Waals surface area (Å²) in [6.07, 6.45) is 0.284. The zero-order valence-electron chi connectivity index (χ0n) is 13.3. The fourth-order valence-electron chi connectivity index (χ4n) is 2.82. The highest BCUT2D eigenvalue weighted by molar-refractivity contribution is 6.31. The molecule has 0 radical (unpaired) electrons. The molecule has 0 saturated carbocycles. The lowest BCUT2D eigenvalue weighted by molar-refractivity contribution is -0.142. The molecular weight excluding hydrogens is 332 g/mol. The first-order valence-electron chi connectivity index (χ1n) is 7.44. The van der Waals surface area contributed by atoms with E-state index in [-0.39, 0.29) is 18.5 Å². The average molecular weight is 349 g/mol. The van der Waals surface area contributed by atoms with Crippen LogP contribution in [0.25, 0.3) is 21.8 Å². The Hall–Kier alpha value is -2.38. The number of nitrogens with one attached hydrogen (secondary N) is 1. The Labute approximate surface area is 142 Å². The van der Waals surface area contributed by atoms with Gasteiger partial charge in [-0.25, -0.2) is 0 Å². The van der Waals surface area contributed by atoms with Crippen LogP contribution in [-0.4, -0.2) is 33.9 Å². The van der Waals surface area contributed by atoms with E-state index >= 15 is 0 Å². The summed E-state index contributed by atoms with van der Waals surface area (Å²) in [6.45, 7) is 2.07. The van der Waals surface area contributed by atoms with Crippen molar-refractivity contribution in [1.29, 1.82) is 0 Å². The van der Waals surface area contributed by atoms with Crippen molar-refractivity contribution in [3.63, 3.8) is 0 Å². The topological polar surface area (TPSA) is 103 Å². The highest BCUT2D eigenvalue weighted by Crippen LogP contribution is 2.25. The van der Waals surface area contributed by atoms with Crippen LogP contribution in [-0.2, 0) is 16.1 Å². The molecule has 7 nitrogen and oxygen atoms in total. The highest BCUT2D eigenvalue weighted by atomic mass is 35.5. The van der Waals surface area contributed by atoms with Crippen LogP contribution in [0.2, 0.25) is 5.02 Å². The maximum Gasteiger partial charge on any atom is 0.322 e. The minimum Gasteiger partial charge on any atom is -0.468 e. The van der Waals surface area contributed by atoms with Gasteiger partial charge in [-0.2, -0.15) is 5.10 Å². The number of methoxy groups -OCH3 is 1. The number of hydrogen-bond acceptors (Lipinski definition) is 5. The molecule has 1 aromatic carbocycles. The molecule has 3 rings (SSSR count). The molecule has 8 heteroatoms. The Kier molecular flexibility index (Phi) is 4.29. The molecule has 0 saturated heterocycles. The minimum atomic E-state index is -0.787. The zero-order chi connectivity index (χ0) is 17.4. The number of nitrogens with zero attached hydrogens (tertiary/aromatic N) is 2. The van der Waals surface area contributed by atoms with Crippen molar-refractivity contribution in [2.45, 2.75) is 25.9 Å². The van der Waals surface area contributed by atoms with Crippen molar-refractivity contribution >= 4 is 39.4 Å². The van der Waals surface area contributed by atoms with Crippen LogP contribution in [0.15, 0.2) is 23.0 Å². The van der Waals surface area contributed by atoms with Crippen LogP contribution in [0.3, 0.4) is 0 Å². The molecule has 126 valence electrons. The second-order valence-electron chi connectivity index (χ2n) is 5.61. The molecule has 0 aliphatic carbocycles. The lowest BCUT2D eigenvalue weighted by Gasteiger charge is -2.14. The fraction of sp³-hybridized carbons (Fsp3) is 0.312. The summed E-state index contributed by atoms with van der Waals surface area (Å²) in [4.78, 5) is 24.4. The Bertz CT molecular complexity index is 992. The first-order valence-corrected chi connectivity index (χ1v) is 7.82. The molecule has 0 aliphatic rings. The molecule has 0 spiro atoms. The molecular formula is C16H17ClN4O3. The van der Waals surface area contributed by atoms with Gasteiger partial charge in [0.05, 0.1) is 18.0 Å². The summed E-state index contributed by atoms with van der Waals surface area (Å²) in [5, 5.41) is 8.91. The summed E-state index contributed by atoms with van der Waals surface area (Å²) in [5.74, 6) is -0.504. The number of carbonyl (C=O) groups excluding carboxylic acids is 1. The lowest BCUT2D eigenvalue weighted by Crippen LogP contribution is -2.34. The minimum absolute atomic E-state index is 0.178. The Balaban J connectivity index is 2.18. The Morgan fingerprint density at radius 2 is 2.25 bits per heavy atom. The van der Waals surface area contributed by atoms with Crippen molar-refractivity contribution in [2.75, 3.05) is 7.11 Å². The second-order valence-corrected chi connectivity index (χ2v) is 6.05. The van der Waals surface area contributed by atoms with Gasteiger partial charge >= 0.3 is 5.97 Å². The molecule has 2 aromatic heterocycles. The number of fused-ring (bicyclic) bond motifs is 3. The summed E-state index contributed by atoms with van der Waals surface area (Å²) in [6, 6.07) is 4.47. The van der Waals surface area contributed by atoms with Gasteiger partial charge in [-0.15, -0.1) is 0 Å². The van der Waals surface area contributed by atoms with Gasteiger partial charge in [-0.3, -0.25) is 14.7 Å². The van der Waals surface area contributed by atoms with E-state index in [4.69, 9.17) is 17.3 Å². The zero-order valence-corrected chi connectivity index (χ0v) is 14.1. The third-order valence-corrected chi connectivity index (χ3v) is 4.31. The van der Waals surface area contributed by atoms with E-state index in [9.17, 15) is 9.59 Å². The van der Waals surface area contributed by atoms with Gasteiger partial charge in [0.25, 0.3) is 5.56 Å². The monoisotopic (exact) mass is 348 g/mol. The number of esters is 1. The first kappa shape index (κ1) is 16.5. The molecule has 2 heterocycles. The van der Waals surface area contributed by atoms with Gasteiger partial charge in [0.15, 0.2) is 0 Å². The lowest BCUT2D eigenvalue weighted by atomic mass is 10.1. The van der Waals surface area contributed by atoms with Gasteiger partial charge in [0.2, 0.25) is 0 Å². The number of aromatic nitrogens is 3. The van der Waals surface area contributed by atoms with Crippen LogP contribution in [0.1, 0.15) is 12.1 Å². The van der Waals surface area contributed by atoms with E-state index in [2.05, 4.69) is 14.9 Å². The van der Waals surface area contributed by atoms with Gasteiger partial charge < -0.3 is 15.0 Å². The number of nitrogens with two attached hydrogens (primary N) is 1. The SMILES string of the molecule is COC(=O)C(N)CCn1c(=O)c2c(C)[nH]nc2c2cc(Cl)ccc21. The van der Waals surface area contributed by atoms with E-state index in [0.717, 1.165) is 5.39 Å². The predicted octanol–water partition coefficient (Wildman–Crippen LogP) is 1.73. The fourth-order valence-corrected chi connectivity index (χ4v) is 2.99. The van der Waals surface area contributed by atoms with Crippen LogP contribution >= 0.6 is 11.6 Å². The normalized spacial score (nSPS) is 12.7. The van der Waals surface area contributed by atoms with Crippen LogP contribution in [0.4, 0.5) is 0 Å². The van der Waals surface area contributed by atoms with Crippen LogP contribution < -0.4 is 11.3 Å². The molecule has 1 unspecified atom stereocenters. The number of hydrogen-bond donors (Lipinski definition) is 2. The van der Waals surface area contributed by atoms with Crippen LogP contribution in [0.5, 0.6) is 0 Å². The number of carbonyl (C=O) groups is 1. The number of aryl methyl sites for hydroxylation is 2. The standard InChI is InChI=1S/C16H17ClN4O3/c1-8-13-14(20-19-8)10-7-9(17)3-4-12(10)21(15(13)22)6-5-11(18)16(23)24-2/h3-4,7,11H,5-6,18H2,1-2H3,(H,19,20). The molecule has 0 bridgehead atoms. The van der Waals surface area contributed by atoms with E-state index in [1.54, 1.807) is 29.7 Å². The largest absolute Gasteiger partial charge is 0.468 e. The number of ether oxygens (including phenoxy) is 1. The van der Waals surface area contributed by atoms with Gasteiger partial charge in [-0.1, -0.05) is 11.6 Å². The van der Waals surface area contributed by atoms with Crippen molar-refractivity contribution in [1.82, 2.24) is 14.8 Å². The highest BCUT2D eigenvalue weighted by Gasteiger charge is 2.18. The number of aromatic amines is 1. The number of benzene rings is 1. The summed E-state index contributed by atoms with van der Waals surface area (Å²) >= 11 is 6.10. The average Bonchev–Trinajstić information content (AvgIpc) is 2.96. The maximum atomic E-state index is 12.9. The third-order valence-electron chi connectivity index (χ3n) is 4.08. The first-order chi connectivity index (χ1) is 11.4.